The normalized spacial score (nSPS) is 11.7. The van der Waals surface area contributed by atoms with Crippen molar-refractivity contribution in [2.45, 2.75) is 45.6 Å². The first-order valence-electron chi connectivity index (χ1n) is 10.6. The van der Waals surface area contributed by atoms with Crippen LogP contribution in [0.4, 0.5) is 10.5 Å². The number of benzene rings is 2. The Bertz CT molecular complexity index is 841. The highest BCUT2D eigenvalue weighted by molar-refractivity contribution is 5.84. The van der Waals surface area contributed by atoms with Gasteiger partial charge in [0, 0.05) is 25.8 Å². The van der Waals surface area contributed by atoms with E-state index in [4.69, 9.17) is 4.74 Å². The molecule has 0 radical (unpaired) electrons. The zero-order chi connectivity index (χ0) is 22.7. The molecule has 0 bridgehead atoms. The van der Waals surface area contributed by atoms with E-state index in [2.05, 4.69) is 20.9 Å². The van der Waals surface area contributed by atoms with Gasteiger partial charge in [0.25, 0.3) is 0 Å². The SMILES string of the molecule is CN=C(NCCCc1ccc(O)cc1)NCCc1ccc(NC(=O)OC(C)(C)C)cc1. The van der Waals surface area contributed by atoms with Gasteiger partial charge in [0.15, 0.2) is 5.96 Å². The number of ether oxygens (including phenoxy) is 1. The molecule has 7 nitrogen and oxygen atoms in total. The minimum Gasteiger partial charge on any atom is -0.508 e. The lowest BCUT2D eigenvalue weighted by molar-refractivity contribution is 0.0636. The van der Waals surface area contributed by atoms with Crippen molar-refractivity contribution in [2.24, 2.45) is 4.99 Å². The van der Waals surface area contributed by atoms with Gasteiger partial charge in [-0.05, 0) is 75.4 Å². The van der Waals surface area contributed by atoms with Gasteiger partial charge in [-0.15, -0.1) is 0 Å². The lowest BCUT2D eigenvalue weighted by Gasteiger charge is -2.19. The van der Waals surface area contributed by atoms with Gasteiger partial charge < -0.3 is 20.5 Å². The Kier molecular flexibility index (Phi) is 9.18. The smallest absolute Gasteiger partial charge is 0.412 e. The van der Waals surface area contributed by atoms with Crippen LogP contribution in [-0.4, -0.2) is 42.9 Å². The second-order valence-electron chi connectivity index (χ2n) is 8.27. The lowest BCUT2D eigenvalue weighted by Crippen LogP contribution is -2.38. The van der Waals surface area contributed by atoms with Crippen molar-refractivity contribution < 1.29 is 14.6 Å². The molecule has 0 aliphatic carbocycles. The largest absolute Gasteiger partial charge is 0.508 e. The molecule has 0 atom stereocenters. The number of hydrogen-bond donors (Lipinski definition) is 4. The van der Waals surface area contributed by atoms with Crippen molar-refractivity contribution in [2.75, 3.05) is 25.5 Å². The summed E-state index contributed by atoms with van der Waals surface area (Å²) >= 11 is 0. The number of aromatic hydroxyl groups is 1. The van der Waals surface area contributed by atoms with Gasteiger partial charge in [-0.2, -0.15) is 0 Å². The van der Waals surface area contributed by atoms with Crippen LogP contribution in [0, 0.1) is 0 Å². The van der Waals surface area contributed by atoms with Crippen molar-refractivity contribution in [1.82, 2.24) is 10.6 Å². The summed E-state index contributed by atoms with van der Waals surface area (Å²) in [5, 5.41) is 18.7. The Morgan fingerprint density at radius 3 is 2.13 bits per heavy atom. The molecule has 31 heavy (non-hydrogen) atoms. The maximum absolute atomic E-state index is 11.8. The van der Waals surface area contributed by atoms with Crippen molar-refractivity contribution in [3.05, 3.63) is 59.7 Å². The summed E-state index contributed by atoms with van der Waals surface area (Å²) in [7, 11) is 1.76. The third-order valence-electron chi connectivity index (χ3n) is 4.40. The Morgan fingerprint density at radius 2 is 1.52 bits per heavy atom. The fourth-order valence-electron chi connectivity index (χ4n) is 2.88. The van der Waals surface area contributed by atoms with E-state index in [1.807, 2.05) is 57.2 Å². The highest BCUT2D eigenvalue weighted by Gasteiger charge is 2.16. The molecule has 4 N–H and O–H groups in total. The number of phenols is 1. The molecule has 0 aliphatic heterocycles. The van der Waals surface area contributed by atoms with Crippen molar-refractivity contribution in [3.8, 4) is 5.75 Å². The molecule has 0 heterocycles. The van der Waals surface area contributed by atoms with E-state index in [0.717, 1.165) is 43.9 Å². The van der Waals surface area contributed by atoms with E-state index in [1.54, 1.807) is 19.2 Å². The number of carbonyl (C=O) groups excluding carboxylic acids is 1. The molecule has 2 rings (SSSR count). The van der Waals surface area contributed by atoms with Crippen LogP contribution in [0.2, 0.25) is 0 Å². The first kappa shape index (κ1) is 24.1. The standard InChI is InChI=1S/C24H34N4O3/c1-24(2,3)31-23(30)28-20-11-7-19(8-12-20)15-17-27-22(25-4)26-16-5-6-18-9-13-21(29)14-10-18/h7-14,29H,5-6,15-17H2,1-4H3,(H,28,30)(H2,25,26,27). The highest BCUT2D eigenvalue weighted by Crippen LogP contribution is 2.13. The Morgan fingerprint density at radius 1 is 0.935 bits per heavy atom. The maximum atomic E-state index is 11.8. The molecule has 0 fully saturated rings. The summed E-state index contributed by atoms with van der Waals surface area (Å²) in [6.07, 6.45) is 2.29. The summed E-state index contributed by atoms with van der Waals surface area (Å²) in [4.78, 5) is 16.1. The van der Waals surface area contributed by atoms with Gasteiger partial charge in [0.2, 0.25) is 0 Å². The van der Waals surface area contributed by atoms with E-state index < -0.39 is 11.7 Å². The zero-order valence-corrected chi connectivity index (χ0v) is 18.9. The molecule has 0 saturated carbocycles. The van der Waals surface area contributed by atoms with Crippen LogP contribution in [0.3, 0.4) is 0 Å². The molecule has 0 aliphatic rings. The maximum Gasteiger partial charge on any atom is 0.412 e. The molecule has 0 saturated heterocycles. The summed E-state index contributed by atoms with van der Waals surface area (Å²) in [6.45, 7) is 7.06. The van der Waals surface area contributed by atoms with Gasteiger partial charge in [-0.1, -0.05) is 24.3 Å². The molecule has 1 amide bonds. The predicted octanol–water partition coefficient (Wildman–Crippen LogP) is 4.08. The van der Waals surface area contributed by atoms with E-state index in [9.17, 15) is 9.90 Å². The van der Waals surface area contributed by atoms with E-state index >= 15 is 0 Å². The zero-order valence-electron chi connectivity index (χ0n) is 18.9. The Hall–Kier alpha value is -3.22. The number of phenolic OH excluding ortho intramolecular Hbond substituents is 1. The quantitative estimate of drug-likeness (QED) is 0.290. The average molecular weight is 427 g/mol. The number of anilines is 1. The fraction of sp³-hybridized carbons (Fsp3) is 0.417. The highest BCUT2D eigenvalue weighted by atomic mass is 16.6. The van der Waals surface area contributed by atoms with Crippen LogP contribution >= 0.6 is 0 Å². The summed E-state index contributed by atoms with van der Waals surface area (Å²) in [6, 6.07) is 15.0. The Balaban J connectivity index is 1.66. The predicted molar refractivity (Wildman–Crippen MR) is 126 cm³/mol. The number of rotatable bonds is 8. The molecule has 7 heteroatoms. The van der Waals surface area contributed by atoms with Gasteiger partial charge in [0.1, 0.15) is 11.4 Å². The van der Waals surface area contributed by atoms with Crippen LogP contribution in [-0.2, 0) is 17.6 Å². The molecule has 0 spiro atoms. The second-order valence-corrected chi connectivity index (χ2v) is 8.27. The van der Waals surface area contributed by atoms with Crippen LogP contribution < -0.4 is 16.0 Å². The number of nitrogens with one attached hydrogen (secondary N) is 3. The average Bonchev–Trinajstić information content (AvgIpc) is 2.71. The number of guanidine groups is 1. The number of hydrogen-bond acceptors (Lipinski definition) is 4. The Labute approximate surface area is 184 Å². The van der Waals surface area contributed by atoms with Crippen molar-refractivity contribution in [1.29, 1.82) is 0 Å². The van der Waals surface area contributed by atoms with Gasteiger partial charge in [0.05, 0.1) is 0 Å². The number of amides is 1. The van der Waals surface area contributed by atoms with Gasteiger partial charge in [-0.25, -0.2) is 4.79 Å². The fourth-order valence-corrected chi connectivity index (χ4v) is 2.88. The van der Waals surface area contributed by atoms with Gasteiger partial charge >= 0.3 is 6.09 Å². The topological polar surface area (TPSA) is 95.0 Å². The molecule has 0 unspecified atom stereocenters. The van der Waals surface area contributed by atoms with Crippen LogP contribution in [0.25, 0.3) is 0 Å². The second kappa shape index (κ2) is 11.8. The minimum absolute atomic E-state index is 0.292. The first-order chi connectivity index (χ1) is 14.7. The van der Waals surface area contributed by atoms with E-state index in [1.165, 1.54) is 5.56 Å². The molecule has 168 valence electrons. The van der Waals surface area contributed by atoms with Gasteiger partial charge in [-0.3, -0.25) is 10.3 Å². The molecule has 2 aromatic rings. The van der Waals surface area contributed by atoms with Crippen LogP contribution in [0.1, 0.15) is 38.3 Å². The number of aryl methyl sites for hydroxylation is 1. The molecule has 0 aromatic heterocycles. The molecular weight excluding hydrogens is 392 g/mol. The number of nitrogens with zero attached hydrogens (tertiary/aromatic N) is 1. The van der Waals surface area contributed by atoms with Crippen LogP contribution in [0.15, 0.2) is 53.5 Å². The van der Waals surface area contributed by atoms with Crippen molar-refractivity contribution in [3.63, 3.8) is 0 Å². The number of aliphatic imine (C=N–C) groups is 1. The third kappa shape index (κ3) is 9.89. The number of carbonyl (C=O) groups is 1. The summed E-state index contributed by atoms with van der Waals surface area (Å²) in [5.41, 5.74) is 2.54. The first-order valence-corrected chi connectivity index (χ1v) is 10.6. The van der Waals surface area contributed by atoms with E-state index in [-0.39, 0.29) is 0 Å². The summed E-state index contributed by atoms with van der Waals surface area (Å²) in [5.74, 6) is 1.06. The lowest BCUT2D eigenvalue weighted by atomic mass is 10.1. The minimum atomic E-state index is -0.520. The van der Waals surface area contributed by atoms with Crippen molar-refractivity contribution >= 4 is 17.7 Å². The van der Waals surface area contributed by atoms with Crippen LogP contribution in [0.5, 0.6) is 5.75 Å². The monoisotopic (exact) mass is 426 g/mol. The summed E-state index contributed by atoms with van der Waals surface area (Å²) < 4.78 is 5.26. The molecule has 2 aromatic carbocycles. The van der Waals surface area contributed by atoms with E-state index in [0.29, 0.717) is 11.4 Å². The third-order valence-corrected chi connectivity index (χ3v) is 4.40. The molecular formula is C24H34N4O3.